The number of hydrogen-bond acceptors (Lipinski definition) is 1. The maximum atomic E-state index is 4.01. The van der Waals surface area contributed by atoms with E-state index in [0.717, 1.165) is 5.92 Å². The summed E-state index contributed by atoms with van der Waals surface area (Å²) in [5.41, 5.74) is 1.22. The van der Waals surface area contributed by atoms with E-state index in [1.54, 1.807) is 0 Å². The molecular formula is C12H21N. The minimum absolute atomic E-state index is 0.609. The van der Waals surface area contributed by atoms with Gasteiger partial charge in [0, 0.05) is 11.1 Å². The van der Waals surface area contributed by atoms with Crippen LogP contribution in [0.2, 0.25) is 0 Å². The quantitative estimate of drug-likeness (QED) is 0.603. The summed E-state index contributed by atoms with van der Waals surface area (Å²) in [4.78, 5) is 0. The zero-order valence-electron chi connectivity index (χ0n) is 8.73. The molecule has 1 heterocycles. The summed E-state index contributed by atoms with van der Waals surface area (Å²) in [5.74, 6) is 0.974. The van der Waals surface area contributed by atoms with E-state index in [2.05, 4.69) is 12.2 Å². The third-order valence-corrected chi connectivity index (χ3v) is 4.63. The summed E-state index contributed by atoms with van der Waals surface area (Å²) < 4.78 is 0. The van der Waals surface area contributed by atoms with Crippen LogP contribution in [0.25, 0.3) is 0 Å². The first-order chi connectivity index (χ1) is 6.22. The van der Waals surface area contributed by atoms with Crippen molar-refractivity contribution < 1.29 is 0 Å². The maximum Gasteiger partial charge on any atom is 0.0189 e. The van der Waals surface area contributed by atoms with E-state index in [9.17, 15) is 0 Å². The van der Waals surface area contributed by atoms with E-state index >= 15 is 0 Å². The average molecular weight is 179 g/mol. The van der Waals surface area contributed by atoms with Crippen LogP contribution in [0.3, 0.4) is 0 Å². The Morgan fingerprint density at radius 1 is 0.923 bits per heavy atom. The molecule has 0 aromatic rings. The molecule has 1 saturated heterocycles. The lowest BCUT2D eigenvalue weighted by molar-refractivity contribution is -0.00530. The largest absolute Gasteiger partial charge is 0.306 e. The number of nitrogens with one attached hydrogen (secondary N) is 1. The van der Waals surface area contributed by atoms with Crippen LogP contribution in [0.15, 0.2) is 0 Å². The van der Waals surface area contributed by atoms with Gasteiger partial charge in [-0.25, -0.2) is 0 Å². The van der Waals surface area contributed by atoms with Crippen molar-refractivity contribution in [2.45, 2.75) is 69.4 Å². The fourth-order valence-electron chi connectivity index (χ4n) is 3.94. The van der Waals surface area contributed by atoms with Crippen LogP contribution in [-0.2, 0) is 0 Å². The molecule has 3 aliphatic rings. The molecule has 0 aromatic carbocycles. The van der Waals surface area contributed by atoms with Gasteiger partial charge in [-0.3, -0.25) is 0 Å². The molecule has 1 nitrogen and oxygen atoms in total. The third kappa shape index (κ3) is 1.16. The van der Waals surface area contributed by atoms with E-state index in [1.165, 1.54) is 51.4 Å². The van der Waals surface area contributed by atoms with E-state index in [-0.39, 0.29) is 0 Å². The highest BCUT2D eigenvalue weighted by Crippen LogP contribution is 2.50. The molecule has 13 heavy (non-hydrogen) atoms. The standard InChI is InChI=1S/C12H21N/c1-10-8-11(4-2-5-11)13-12(9-10)6-3-7-12/h10,13H,2-9H2,1H3. The number of piperidine rings is 1. The normalized spacial score (nSPS) is 39.9. The smallest absolute Gasteiger partial charge is 0.0189 e. The number of hydrogen-bond donors (Lipinski definition) is 1. The topological polar surface area (TPSA) is 12.0 Å². The predicted octanol–water partition coefficient (Wildman–Crippen LogP) is 2.85. The first-order valence-electron chi connectivity index (χ1n) is 6.02. The highest BCUT2D eigenvalue weighted by Gasteiger charge is 2.51. The molecule has 2 spiro atoms. The molecule has 0 unspecified atom stereocenters. The van der Waals surface area contributed by atoms with Gasteiger partial charge < -0.3 is 5.32 Å². The lowest BCUT2D eigenvalue weighted by Crippen LogP contribution is -2.68. The van der Waals surface area contributed by atoms with Crippen molar-refractivity contribution in [3.05, 3.63) is 0 Å². The molecule has 3 fully saturated rings. The van der Waals surface area contributed by atoms with Crippen molar-refractivity contribution in [3.63, 3.8) is 0 Å². The molecule has 74 valence electrons. The molecule has 1 N–H and O–H groups in total. The summed E-state index contributed by atoms with van der Waals surface area (Å²) in [7, 11) is 0. The Balaban J connectivity index is 1.78. The number of rotatable bonds is 0. The van der Waals surface area contributed by atoms with Crippen LogP contribution in [0.1, 0.15) is 58.3 Å². The molecule has 2 aliphatic carbocycles. The van der Waals surface area contributed by atoms with Crippen LogP contribution >= 0.6 is 0 Å². The summed E-state index contributed by atoms with van der Waals surface area (Å²) in [6, 6.07) is 0. The van der Waals surface area contributed by atoms with Gasteiger partial charge in [-0.05, 0) is 57.3 Å². The van der Waals surface area contributed by atoms with Crippen molar-refractivity contribution in [1.82, 2.24) is 5.32 Å². The van der Waals surface area contributed by atoms with E-state index in [0.29, 0.717) is 11.1 Å². The SMILES string of the molecule is CC1CC2(CCC2)NC2(CCC2)C1. The van der Waals surface area contributed by atoms with Crippen molar-refractivity contribution in [2.24, 2.45) is 5.92 Å². The fourth-order valence-corrected chi connectivity index (χ4v) is 3.94. The minimum Gasteiger partial charge on any atom is -0.306 e. The molecule has 1 aliphatic heterocycles. The molecule has 0 amide bonds. The van der Waals surface area contributed by atoms with Gasteiger partial charge in [-0.1, -0.05) is 6.92 Å². The molecule has 3 rings (SSSR count). The van der Waals surface area contributed by atoms with Crippen LogP contribution in [0, 0.1) is 5.92 Å². The highest BCUT2D eigenvalue weighted by molar-refractivity contribution is 5.10. The minimum atomic E-state index is 0.609. The van der Waals surface area contributed by atoms with Crippen molar-refractivity contribution >= 4 is 0 Å². The van der Waals surface area contributed by atoms with E-state index in [4.69, 9.17) is 0 Å². The summed E-state index contributed by atoms with van der Waals surface area (Å²) in [5, 5.41) is 4.01. The third-order valence-electron chi connectivity index (χ3n) is 4.63. The molecule has 0 radical (unpaired) electrons. The maximum absolute atomic E-state index is 4.01. The van der Waals surface area contributed by atoms with Gasteiger partial charge in [-0.15, -0.1) is 0 Å². The van der Waals surface area contributed by atoms with E-state index < -0.39 is 0 Å². The summed E-state index contributed by atoms with van der Waals surface area (Å²) >= 11 is 0. The Labute approximate surface area is 81.3 Å². The molecule has 1 heteroatoms. The second kappa shape index (κ2) is 2.50. The zero-order chi connectivity index (χ0) is 8.94. The Hall–Kier alpha value is -0.0400. The van der Waals surface area contributed by atoms with Crippen LogP contribution in [0.4, 0.5) is 0 Å². The Bertz CT molecular complexity index is 191. The second-order valence-corrected chi connectivity index (χ2v) is 5.91. The second-order valence-electron chi connectivity index (χ2n) is 5.91. The zero-order valence-corrected chi connectivity index (χ0v) is 8.73. The van der Waals surface area contributed by atoms with Crippen molar-refractivity contribution in [1.29, 1.82) is 0 Å². The van der Waals surface area contributed by atoms with Crippen LogP contribution in [0.5, 0.6) is 0 Å². The molecule has 0 bridgehead atoms. The Morgan fingerprint density at radius 3 is 1.69 bits per heavy atom. The predicted molar refractivity (Wildman–Crippen MR) is 54.7 cm³/mol. The van der Waals surface area contributed by atoms with Gasteiger partial charge >= 0.3 is 0 Å². The van der Waals surface area contributed by atoms with Crippen molar-refractivity contribution in [3.8, 4) is 0 Å². The van der Waals surface area contributed by atoms with Gasteiger partial charge in [0.2, 0.25) is 0 Å². The molecule has 0 aromatic heterocycles. The van der Waals surface area contributed by atoms with Gasteiger partial charge in [0.15, 0.2) is 0 Å². The molecule has 2 saturated carbocycles. The van der Waals surface area contributed by atoms with Gasteiger partial charge in [0.1, 0.15) is 0 Å². The monoisotopic (exact) mass is 179 g/mol. The van der Waals surface area contributed by atoms with Gasteiger partial charge in [-0.2, -0.15) is 0 Å². The van der Waals surface area contributed by atoms with E-state index in [1.807, 2.05) is 0 Å². The molecule has 0 atom stereocenters. The molecular weight excluding hydrogens is 158 g/mol. The first kappa shape index (κ1) is 8.28. The highest BCUT2D eigenvalue weighted by atomic mass is 15.1. The van der Waals surface area contributed by atoms with Crippen LogP contribution in [-0.4, -0.2) is 11.1 Å². The van der Waals surface area contributed by atoms with Crippen molar-refractivity contribution in [2.75, 3.05) is 0 Å². The van der Waals surface area contributed by atoms with Gasteiger partial charge in [0.05, 0.1) is 0 Å². The lowest BCUT2D eigenvalue weighted by Gasteiger charge is -2.59. The van der Waals surface area contributed by atoms with Gasteiger partial charge in [0.25, 0.3) is 0 Å². The first-order valence-corrected chi connectivity index (χ1v) is 6.02. The lowest BCUT2D eigenvalue weighted by atomic mass is 9.60. The Morgan fingerprint density at radius 2 is 1.38 bits per heavy atom. The van der Waals surface area contributed by atoms with Crippen LogP contribution < -0.4 is 5.32 Å². The summed E-state index contributed by atoms with van der Waals surface area (Å²) in [6.45, 7) is 2.46. The Kier molecular flexibility index (Phi) is 1.59. The average Bonchev–Trinajstić information content (AvgIpc) is 1.98. The summed E-state index contributed by atoms with van der Waals surface area (Å²) in [6.07, 6.45) is 11.7. The fraction of sp³-hybridized carbons (Fsp3) is 1.00.